The average Bonchev–Trinajstić information content (AvgIpc) is 2.24. The Morgan fingerprint density at radius 1 is 1.40 bits per heavy atom. The molecule has 0 aliphatic carbocycles. The highest BCUT2D eigenvalue weighted by molar-refractivity contribution is 6.30. The van der Waals surface area contributed by atoms with Crippen molar-refractivity contribution in [3.05, 3.63) is 34.6 Å². The van der Waals surface area contributed by atoms with Gasteiger partial charge in [0.2, 0.25) is 0 Å². The quantitative estimate of drug-likeness (QED) is 0.656. The Morgan fingerprint density at radius 2 is 2.13 bits per heavy atom. The first-order chi connectivity index (χ1) is 7.15. The second kappa shape index (κ2) is 6.34. The fraction of sp³-hybridized carbons (Fsp3) is 0.500. The molecule has 0 radical (unpaired) electrons. The maximum absolute atomic E-state index is 13.4. The first-order valence-corrected chi connectivity index (χ1v) is 6.03. The summed E-state index contributed by atoms with van der Waals surface area (Å²) >= 11 is 11.7. The highest BCUT2D eigenvalue weighted by Crippen LogP contribution is 2.20. The van der Waals surface area contributed by atoms with E-state index in [4.69, 9.17) is 23.2 Å². The topological polar surface area (TPSA) is 0 Å². The summed E-state index contributed by atoms with van der Waals surface area (Å²) in [5.74, 6) is -0.290. The summed E-state index contributed by atoms with van der Waals surface area (Å²) < 4.78 is 13.4. The minimum Gasteiger partial charge on any atom is -0.205 e. The highest BCUT2D eigenvalue weighted by Gasteiger charge is 2.07. The predicted molar refractivity (Wildman–Crippen MR) is 64.3 cm³/mol. The van der Waals surface area contributed by atoms with Crippen LogP contribution in [0.15, 0.2) is 18.2 Å². The molecular formula is C12H15Cl2F. The number of benzene rings is 1. The van der Waals surface area contributed by atoms with Gasteiger partial charge in [-0.2, -0.15) is 0 Å². The normalized spacial score (nSPS) is 12.8. The maximum atomic E-state index is 13.4. The van der Waals surface area contributed by atoms with Gasteiger partial charge in [-0.25, -0.2) is 4.39 Å². The number of rotatable bonds is 5. The Morgan fingerprint density at radius 3 is 2.80 bits per heavy atom. The van der Waals surface area contributed by atoms with Crippen molar-refractivity contribution in [1.82, 2.24) is 0 Å². The van der Waals surface area contributed by atoms with Crippen LogP contribution in [0.4, 0.5) is 4.39 Å². The Kier molecular flexibility index (Phi) is 5.41. The van der Waals surface area contributed by atoms with E-state index < -0.39 is 0 Å². The minimum atomic E-state index is -0.290. The van der Waals surface area contributed by atoms with Crippen molar-refractivity contribution in [1.29, 1.82) is 0 Å². The molecule has 1 atom stereocenters. The van der Waals surface area contributed by atoms with Crippen LogP contribution in [0.3, 0.4) is 0 Å². The van der Waals surface area contributed by atoms with Crippen molar-refractivity contribution in [2.24, 2.45) is 0 Å². The van der Waals surface area contributed by atoms with Crippen LogP contribution < -0.4 is 0 Å². The van der Waals surface area contributed by atoms with Gasteiger partial charge < -0.3 is 0 Å². The molecule has 0 fully saturated rings. The monoisotopic (exact) mass is 248 g/mol. The van der Waals surface area contributed by atoms with Crippen molar-refractivity contribution < 1.29 is 4.39 Å². The molecule has 0 saturated heterocycles. The Balaban J connectivity index is 2.47. The van der Waals surface area contributed by atoms with E-state index in [-0.39, 0.29) is 16.2 Å². The van der Waals surface area contributed by atoms with Crippen LogP contribution in [-0.4, -0.2) is 5.38 Å². The molecule has 0 amide bonds. The van der Waals surface area contributed by atoms with Gasteiger partial charge in [-0.15, -0.1) is 11.6 Å². The smallest absolute Gasteiger partial charge is 0.144 e. The third-order valence-corrected chi connectivity index (χ3v) is 3.26. The third-order valence-electron chi connectivity index (χ3n) is 2.44. The molecule has 0 aromatic heterocycles. The van der Waals surface area contributed by atoms with Gasteiger partial charge in [0.1, 0.15) is 5.82 Å². The van der Waals surface area contributed by atoms with Crippen molar-refractivity contribution in [3.63, 3.8) is 0 Å². The maximum Gasteiger partial charge on any atom is 0.144 e. The van der Waals surface area contributed by atoms with Gasteiger partial charge in [-0.1, -0.05) is 30.7 Å². The van der Waals surface area contributed by atoms with Crippen molar-refractivity contribution >= 4 is 23.2 Å². The molecule has 84 valence electrons. The molecule has 0 heterocycles. The molecule has 0 nitrogen and oxygen atoms in total. The lowest BCUT2D eigenvalue weighted by molar-refractivity contribution is 0.595. The first-order valence-electron chi connectivity index (χ1n) is 5.22. The largest absolute Gasteiger partial charge is 0.205 e. The van der Waals surface area contributed by atoms with Crippen LogP contribution in [0.1, 0.15) is 31.7 Å². The molecule has 0 aliphatic rings. The van der Waals surface area contributed by atoms with E-state index >= 15 is 0 Å². The number of aryl methyl sites for hydroxylation is 1. The Bertz CT molecular complexity index is 312. The van der Waals surface area contributed by atoms with E-state index in [1.165, 1.54) is 0 Å². The van der Waals surface area contributed by atoms with Crippen LogP contribution in [0.5, 0.6) is 0 Å². The Hall–Kier alpha value is -0.270. The summed E-state index contributed by atoms with van der Waals surface area (Å²) in [6.07, 6.45) is 3.48. The van der Waals surface area contributed by atoms with Gasteiger partial charge in [0.15, 0.2) is 0 Å². The van der Waals surface area contributed by atoms with Crippen molar-refractivity contribution in [2.45, 2.75) is 38.0 Å². The number of halogens is 3. The molecule has 3 heteroatoms. The lowest BCUT2D eigenvalue weighted by Crippen LogP contribution is -1.98. The summed E-state index contributed by atoms with van der Waals surface area (Å²) in [7, 11) is 0. The fourth-order valence-electron chi connectivity index (χ4n) is 1.46. The zero-order valence-corrected chi connectivity index (χ0v) is 10.3. The van der Waals surface area contributed by atoms with Gasteiger partial charge in [0.05, 0.1) is 5.02 Å². The van der Waals surface area contributed by atoms with Crippen molar-refractivity contribution in [3.8, 4) is 0 Å². The molecule has 1 aromatic carbocycles. The van der Waals surface area contributed by atoms with Crippen molar-refractivity contribution in [2.75, 3.05) is 0 Å². The zero-order valence-electron chi connectivity index (χ0n) is 8.77. The highest BCUT2D eigenvalue weighted by atomic mass is 35.5. The molecule has 0 bridgehead atoms. The van der Waals surface area contributed by atoms with Crippen LogP contribution >= 0.6 is 23.2 Å². The lowest BCUT2D eigenvalue weighted by atomic mass is 10.1. The Labute approximate surface area is 100 Å². The SMILES string of the molecule is CCC(Cl)CCCc1cccc(Cl)c1F. The molecule has 1 unspecified atom stereocenters. The van der Waals surface area contributed by atoms with Crippen LogP contribution in [0.25, 0.3) is 0 Å². The summed E-state index contributed by atoms with van der Waals surface area (Å²) in [6, 6.07) is 5.12. The third kappa shape index (κ3) is 4.00. The molecule has 15 heavy (non-hydrogen) atoms. The zero-order chi connectivity index (χ0) is 11.3. The molecular weight excluding hydrogens is 234 g/mol. The van der Waals surface area contributed by atoms with E-state index in [0.717, 1.165) is 19.3 Å². The fourth-order valence-corrected chi connectivity index (χ4v) is 1.81. The molecule has 1 aromatic rings. The first kappa shape index (κ1) is 12.8. The van der Waals surface area contributed by atoms with Crippen LogP contribution in [0, 0.1) is 5.82 Å². The number of alkyl halides is 1. The molecule has 0 N–H and O–H groups in total. The van der Waals surface area contributed by atoms with E-state index in [2.05, 4.69) is 6.92 Å². The molecule has 0 aliphatic heterocycles. The molecule has 0 saturated carbocycles. The van der Waals surface area contributed by atoms with E-state index in [1.807, 2.05) is 0 Å². The van der Waals surface area contributed by atoms with Gasteiger partial charge in [0, 0.05) is 5.38 Å². The van der Waals surface area contributed by atoms with E-state index in [9.17, 15) is 4.39 Å². The van der Waals surface area contributed by atoms with Gasteiger partial charge >= 0.3 is 0 Å². The van der Waals surface area contributed by atoms with Crippen LogP contribution in [0.2, 0.25) is 5.02 Å². The number of hydrogen-bond acceptors (Lipinski definition) is 0. The predicted octanol–water partition coefficient (Wildman–Crippen LogP) is 4.82. The lowest BCUT2D eigenvalue weighted by Gasteiger charge is -2.07. The summed E-state index contributed by atoms with van der Waals surface area (Å²) in [5, 5.41) is 0.401. The van der Waals surface area contributed by atoms with Gasteiger partial charge in [-0.05, 0) is 37.3 Å². The summed E-state index contributed by atoms with van der Waals surface area (Å²) in [4.78, 5) is 0. The number of hydrogen-bond donors (Lipinski definition) is 0. The molecule has 0 spiro atoms. The van der Waals surface area contributed by atoms with Gasteiger partial charge in [0.25, 0.3) is 0 Å². The van der Waals surface area contributed by atoms with Gasteiger partial charge in [-0.3, -0.25) is 0 Å². The standard InChI is InChI=1S/C12H15Cl2F/c1-2-10(13)7-3-5-9-6-4-8-11(14)12(9)15/h4,6,8,10H,2-3,5,7H2,1H3. The average molecular weight is 249 g/mol. The minimum absolute atomic E-state index is 0.199. The van der Waals surface area contributed by atoms with E-state index in [0.29, 0.717) is 12.0 Å². The van der Waals surface area contributed by atoms with E-state index in [1.54, 1.807) is 18.2 Å². The molecule has 1 rings (SSSR count). The summed E-state index contributed by atoms with van der Waals surface area (Å²) in [5.41, 5.74) is 0.683. The summed E-state index contributed by atoms with van der Waals surface area (Å²) in [6.45, 7) is 2.05. The second-order valence-electron chi connectivity index (χ2n) is 3.61. The van der Waals surface area contributed by atoms with Crippen LogP contribution in [-0.2, 0) is 6.42 Å². The second-order valence-corrected chi connectivity index (χ2v) is 4.64.